The highest BCUT2D eigenvalue weighted by atomic mass is 16.3. The van der Waals surface area contributed by atoms with E-state index in [1.54, 1.807) is 0 Å². The number of nitrogens with one attached hydrogen (secondary N) is 1. The Morgan fingerprint density at radius 3 is 2.92 bits per heavy atom. The molecule has 1 heterocycles. The third-order valence-electron chi connectivity index (χ3n) is 2.75. The van der Waals surface area contributed by atoms with E-state index in [-0.39, 0.29) is 12.6 Å². The number of rotatable bonds is 3. The Balaban J connectivity index is 2.25. The molecule has 1 rings (SSSR count). The highest BCUT2D eigenvalue weighted by molar-refractivity contribution is 4.75. The molecule has 13 heavy (non-hydrogen) atoms. The fraction of sp³-hybridized carbons (Fsp3) is 1.00. The van der Waals surface area contributed by atoms with Crippen molar-refractivity contribution in [2.75, 3.05) is 26.7 Å². The number of aliphatic hydroxyl groups is 1. The summed E-state index contributed by atoms with van der Waals surface area (Å²) < 4.78 is 0. The van der Waals surface area contributed by atoms with Crippen molar-refractivity contribution in [2.45, 2.75) is 38.3 Å². The summed E-state index contributed by atoms with van der Waals surface area (Å²) in [6, 6.07) is 0.848. The maximum atomic E-state index is 8.91. The quantitative estimate of drug-likeness (QED) is 0.671. The lowest BCUT2D eigenvalue weighted by molar-refractivity contribution is 0.235. The highest BCUT2D eigenvalue weighted by Gasteiger charge is 2.15. The van der Waals surface area contributed by atoms with Gasteiger partial charge in [0.05, 0.1) is 6.61 Å². The van der Waals surface area contributed by atoms with Crippen molar-refractivity contribution in [1.82, 2.24) is 10.2 Å². The summed E-state index contributed by atoms with van der Waals surface area (Å²) in [5, 5.41) is 12.4. The molecule has 0 aromatic rings. The van der Waals surface area contributed by atoms with Crippen LogP contribution in [0.25, 0.3) is 0 Å². The fourth-order valence-corrected chi connectivity index (χ4v) is 1.86. The van der Waals surface area contributed by atoms with Gasteiger partial charge in [0.15, 0.2) is 0 Å². The predicted octanol–water partition coefficient (Wildman–Crippen LogP) is 0.441. The van der Waals surface area contributed by atoms with Gasteiger partial charge < -0.3 is 15.3 Å². The van der Waals surface area contributed by atoms with E-state index in [9.17, 15) is 0 Å². The molecular formula is C10H22N2O. The molecular weight excluding hydrogens is 164 g/mol. The van der Waals surface area contributed by atoms with Crippen LogP contribution >= 0.6 is 0 Å². The number of likely N-dealkylation sites (tertiary alicyclic amines) is 1. The Morgan fingerprint density at radius 2 is 2.23 bits per heavy atom. The molecule has 2 atom stereocenters. The normalized spacial score (nSPS) is 28.4. The zero-order valence-electron chi connectivity index (χ0n) is 8.79. The first kappa shape index (κ1) is 11.0. The Labute approximate surface area is 81.1 Å². The number of nitrogens with zero attached hydrogens (tertiary/aromatic N) is 1. The fourth-order valence-electron chi connectivity index (χ4n) is 1.86. The van der Waals surface area contributed by atoms with Crippen LogP contribution in [0.4, 0.5) is 0 Å². The van der Waals surface area contributed by atoms with Crippen LogP contribution in [0.15, 0.2) is 0 Å². The summed E-state index contributed by atoms with van der Waals surface area (Å²) in [4.78, 5) is 2.38. The summed E-state index contributed by atoms with van der Waals surface area (Å²) in [6.45, 7) is 4.67. The van der Waals surface area contributed by atoms with E-state index < -0.39 is 0 Å². The maximum absolute atomic E-state index is 8.91. The summed E-state index contributed by atoms with van der Waals surface area (Å²) in [7, 11) is 2.18. The van der Waals surface area contributed by atoms with E-state index in [1.807, 2.05) is 6.92 Å². The molecule has 3 nitrogen and oxygen atoms in total. The van der Waals surface area contributed by atoms with Crippen LogP contribution in [0, 0.1) is 0 Å². The van der Waals surface area contributed by atoms with Crippen LogP contribution in [0.3, 0.4) is 0 Å². The van der Waals surface area contributed by atoms with Crippen LogP contribution in [0.5, 0.6) is 0 Å². The standard InChI is InChI=1S/C10H22N2O/c1-9(8-13)11-10-4-3-6-12(2)7-5-10/h9-11,13H,3-8H2,1-2H3/t9-,10?/m1/s1. The van der Waals surface area contributed by atoms with Crippen LogP contribution in [-0.2, 0) is 0 Å². The van der Waals surface area contributed by atoms with E-state index in [4.69, 9.17) is 5.11 Å². The average Bonchev–Trinajstić information content (AvgIpc) is 2.31. The smallest absolute Gasteiger partial charge is 0.0582 e. The van der Waals surface area contributed by atoms with Gasteiger partial charge in [-0.25, -0.2) is 0 Å². The molecule has 0 aliphatic carbocycles. The third-order valence-corrected chi connectivity index (χ3v) is 2.75. The Hall–Kier alpha value is -0.120. The summed E-state index contributed by atoms with van der Waals surface area (Å²) >= 11 is 0. The first-order valence-corrected chi connectivity index (χ1v) is 5.28. The monoisotopic (exact) mass is 186 g/mol. The maximum Gasteiger partial charge on any atom is 0.0582 e. The first-order chi connectivity index (χ1) is 6.22. The number of aliphatic hydroxyl groups excluding tert-OH is 1. The molecule has 1 aliphatic rings. The number of hydrogen-bond acceptors (Lipinski definition) is 3. The van der Waals surface area contributed by atoms with Gasteiger partial charge in [0.25, 0.3) is 0 Å². The molecule has 1 fully saturated rings. The van der Waals surface area contributed by atoms with Gasteiger partial charge in [0, 0.05) is 12.1 Å². The predicted molar refractivity (Wildman–Crippen MR) is 54.8 cm³/mol. The van der Waals surface area contributed by atoms with Crippen molar-refractivity contribution in [3.8, 4) is 0 Å². The molecule has 0 saturated carbocycles. The second-order valence-corrected chi connectivity index (χ2v) is 4.18. The molecule has 0 spiro atoms. The third kappa shape index (κ3) is 4.07. The van der Waals surface area contributed by atoms with Gasteiger partial charge in [0.1, 0.15) is 0 Å². The first-order valence-electron chi connectivity index (χ1n) is 5.28. The molecule has 78 valence electrons. The SMILES string of the molecule is C[C@H](CO)NC1CCCN(C)CC1. The number of hydrogen-bond donors (Lipinski definition) is 2. The Bertz CT molecular complexity index is 141. The van der Waals surface area contributed by atoms with Gasteiger partial charge in [-0.1, -0.05) is 0 Å². The molecule has 1 saturated heterocycles. The molecule has 3 heteroatoms. The summed E-state index contributed by atoms with van der Waals surface area (Å²) in [6.07, 6.45) is 3.72. The topological polar surface area (TPSA) is 35.5 Å². The van der Waals surface area contributed by atoms with Crippen LogP contribution in [0.2, 0.25) is 0 Å². The minimum absolute atomic E-state index is 0.242. The zero-order chi connectivity index (χ0) is 9.68. The van der Waals surface area contributed by atoms with Gasteiger partial charge in [-0.15, -0.1) is 0 Å². The van der Waals surface area contributed by atoms with Gasteiger partial charge in [-0.2, -0.15) is 0 Å². The molecule has 0 amide bonds. The second kappa shape index (κ2) is 5.58. The van der Waals surface area contributed by atoms with E-state index in [0.717, 1.165) is 0 Å². The van der Waals surface area contributed by atoms with Crippen LogP contribution in [-0.4, -0.2) is 48.8 Å². The van der Waals surface area contributed by atoms with E-state index in [1.165, 1.54) is 32.4 Å². The molecule has 0 radical (unpaired) electrons. The van der Waals surface area contributed by atoms with Crippen LogP contribution < -0.4 is 5.32 Å². The summed E-state index contributed by atoms with van der Waals surface area (Å²) in [5.74, 6) is 0. The summed E-state index contributed by atoms with van der Waals surface area (Å²) in [5.41, 5.74) is 0. The van der Waals surface area contributed by atoms with Crippen LogP contribution in [0.1, 0.15) is 26.2 Å². The van der Waals surface area contributed by atoms with Gasteiger partial charge in [0.2, 0.25) is 0 Å². The van der Waals surface area contributed by atoms with Crippen molar-refractivity contribution in [2.24, 2.45) is 0 Å². The molecule has 0 aromatic heterocycles. The lowest BCUT2D eigenvalue weighted by atomic mass is 10.1. The van der Waals surface area contributed by atoms with Crippen molar-refractivity contribution >= 4 is 0 Å². The lowest BCUT2D eigenvalue weighted by Gasteiger charge is -2.20. The van der Waals surface area contributed by atoms with Crippen molar-refractivity contribution in [3.05, 3.63) is 0 Å². The minimum Gasteiger partial charge on any atom is -0.395 e. The Morgan fingerprint density at radius 1 is 1.46 bits per heavy atom. The van der Waals surface area contributed by atoms with E-state index >= 15 is 0 Å². The van der Waals surface area contributed by atoms with Gasteiger partial charge >= 0.3 is 0 Å². The lowest BCUT2D eigenvalue weighted by Crippen LogP contribution is -2.39. The van der Waals surface area contributed by atoms with E-state index in [2.05, 4.69) is 17.3 Å². The molecule has 2 N–H and O–H groups in total. The van der Waals surface area contributed by atoms with Crippen molar-refractivity contribution in [1.29, 1.82) is 0 Å². The molecule has 0 aromatic carbocycles. The van der Waals surface area contributed by atoms with Gasteiger partial charge in [-0.05, 0) is 46.3 Å². The largest absolute Gasteiger partial charge is 0.395 e. The van der Waals surface area contributed by atoms with Crippen molar-refractivity contribution < 1.29 is 5.11 Å². The van der Waals surface area contributed by atoms with Gasteiger partial charge in [-0.3, -0.25) is 0 Å². The second-order valence-electron chi connectivity index (χ2n) is 4.18. The minimum atomic E-state index is 0.242. The molecule has 0 bridgehead atoms. The van der Waals surface area contributed by atoms with Crippen molar-refractivity contribution in [3.63, 3.8) is 0 Å². The molecule has 1 unspecified atom stereocenters. The molecule has 1 aliphatic heterocycles. The Kier molecular flexibility index (Phi) is 4.70. The zero-order valence-corrected chi connectivity index (χ0v) is 8.79. The average molecular weight is 186 g/mol. The highest BCUT2D eigenvalue weighted by Crippen LogP contribution is 2.09. The van der Waals surface area contributed by atoms with E-state index in [0.29, 0.717) is 6.04 Å².